The summed E-state index contributed by atoms with van der Waals surface area (Å²) in [4.78, 5) is 0. The third-order valence-electron chi connectivity index (χ3n) is 1.36. The van der Waals surface area contributed by atoms with Gasteiger partial charge >= 0.3 is 0 Å². The van der Waals surface area contributed by atoms with Crippen molar-refractivity contribution >= 4 is 22.2 Å². The Kier molecular flexibility index (Phi) is 3.77. The first kappa shape index (κ1) is 10.6. The Labute approximate surface area is 82.4 Å². The van der Waals surface area contributed by atoms with Gasteiger partial charge in [-0.3, -0.25) is 0 Å². The van der Waals surface area contributed by atoms with E-state index in [4.69, 9.17) is 0 Å². The van der Waals surface area contributed by atoms with Crippen LogP contribution in [0.15, 0.2) is 30.3 Å². The minimum Gasteiger partial charge on any atom is -0.198 e. The van der Waals surface area contributed by atoms with Gasteiger partial charge in [-0.05, 0) is 5.56 Å². The minimum atomic E-state index is -3.42. The van der Waals surface area contributed by atoms with Gasteiger partial charge in [0.1, 0.15) is 5.75 Å². The van der Waals surface area contributed by atoms with Gasteiger partial charge < -0.3 is 0 Å². The summed E-state index contributed by atoms with van der Waals surface area (Å²) >= 11 is 0.840. The second-order valence-electron chi connectivity index (χ2n) is 2.42. The van der Waals surface area contributed by atoms with Gasteiger partial charge in [-0.1, -0.05) is 30.3 Å². The van der Waals surface area contributed by atoms with Gasteiger partial charge in [0.15, 0.2) is 0 Å². The normalized spacial score (nSPS) is 11.5. The van der Waals surface area contributed by atoms with E-state index in [2.05, 4.69) is 3.63 Å². The number of benzene rings is 1. The standard InChI is InChI=1S/C8H10O3S2/c1-12-11-13(9,10)7-8-5-3-2-4-6-8/h2-6H,7H2,1H3. The Morgan fingerprint density at radius 2 is 1.92 bits per heavy atom. The molecular weight excluding hydrogens is 208 g/mol. The molecule has 72 valence electrons. The molecule has 0 aliphatic carbocycles. The molecule has 0 bridgehead atoms. The van der Waals surface area contributed by atoms with Crippen LogP contribution in [-0.2, 0) is 19.5 Å². The van der Waals surface area contributed by atoms with E-state index in [-0.39, 0.29) is 5.75 Å². The van der Waals surface area contributed by atoms with Crippen molar-refractivity contribution in [3.8, 4) is 0 Å². The maximum atomic E-state index is 11.2. The largest absolute Gasteiger partial charge is 0.282 e. The summed E-state index contributed by atoms with van der Waals surface area (Å²) in [6.45, 7) is 0. The lowest BCUT2D eigenvalue weighted by atomic mass is 10.2. The quantitative estimate of drug-likeness (QED) is 0.723. The van der Waals surface area contributed by atoms with Crippen LogP contribution >= 0.6 is 12.0 Å². The van der Waals surface area contributed by atoms with E-state index in [0.717, 1.165) is 17.6 Å². The molecule has 0 saturated heterocycles. The zero-order valence-corrected chi connectivity index (χ0v) is 8.77. The van der Waals surface area contributed by atoms with Gasteiger partial charge in [0.05, 0.1) is 0 Å². The van der Waals surface area contributed by atoms with Crippen LogP contribution in [0.3, 0.4) is 0 Å². The average molecular weight is 218 g/mol. The molecule has 5 heteroatoms. The second kappa shape index (κ2) is 4.64. The van der Waals surface area contributed by atoms with Crippen molar-refractivity contribution < 1.29 is 12.0 Å². The highest BCUT2D eigenvalue weighted by molar-refractivity contribution is 8.03. The first-order chi connectivity index (χ1) is 6.14. The topological polar surface area (TPSA) is 43.4 Å². The predicted molar refractivity (Wildman–Crippen MR) is 53.7 cm³/mol. The van der Waals surface area contributed by atoms with Gasteiger partial charge in [-0.2, -0.15) is 12.0 Å². The molecule has 0 saturated carbocycles. The molecule has 1 aromatic rings. The average Bonchev–Trinajstić information content (AvgIpc) is 2.04. The first-order valence-corrected chi connectivity index (χ1v) is 6.36. The van der Waals surface area contributed by atoms with Crippen LogP contribution in [-0.4, -0.2) is 14.7 Å². The van der Waals surface area contributed by atoms with Crippen molar-refractivity contribution in [2.75, 3.05) is 6.26 Å². The molecule has 0 amide bonds. The lowest BCUT2D eigenvalue weighted by Gasteiger charge is -2.01. The molecule has 0 N–H and O–H groups in total. The molecule has 1 aromatic carbocycles. The highest BCUT2D eigenvalue weighted by Gasteiger charge is 2.11. The molecule has 3 nitrogen and oxygen atoms in total. The third kappa shape index (κ3) is 3.80. The molecule has 0 heterocycles. The summed E-state index contributed by atoms with van der Waals surface area (Å²) < 4.78 is 26.8. The van der Waals surface area contributed by atoms with Crippen LogP contribution in [0, 0.1) is 0 Å². The summed E-state index contributed by atoms with van der Waals surface area (Å²) in [6, 6.07) is 8.93. The van der Waals surface area contributed by atoms with Gasteiger partial charge in [0.2, 0.25) is 0 Å². The molecule has 0 aliphatic heterocycles. The molecule has 0 fully saturated rings. The van der Waals surface area contributed by atoms with Crippen LogP contribution in [0.1, 0.15) is 5.56 Å². The van der Waals surface area contributed by atoms with E-state index < -0.39 is 10.1 Å². The van der Waals surface area contributed by atoms with E-state index in [0.29, 0.717) is 0 Å². The number of rotatable bonds is 4. The Bertz CT molecular complexity index is 345. The van der Waals surface area contributed by atoms with E-state index >= 15 is 0 Å². The maximum Gasteiger partial charge on any atom is 0.282 e. The van der Waals surface area contributed by atoms with Gasteiger partial charge in [-0.25, -0.2) is 0 Å². The van der Waals surface area contributed by atoms with E-state index in [1.54, 1.807) is 30.5 Å². The Balaban J connectivity index is 2.70. The fourth-order valence-electron chi connectivity index (χ4n) is 0.906. The number of hydrogen-bond donors (Lipinski definition) is 0. The molecule has 0 aromatic heterocycles. The fraction of sp³-hybridized carbons (Fsp3) is 0.250. The summed E-state index contributed by atoms with van der Waals surface area (Å²) in [7, 11) is -3.42. The van der Waals surface area contributed by atoms with Gasteiger partial charge in [0, 0.05) is 18.3 Å². The van der Waals surface area contributed by atoms with Crippen molar-refractivity contribution in [2.24, 2.45) is 0 Å². The summed E-state index contributed by atoms with van der Waals surface area (Å²) in [5.74, 6) is -0.0747. The van der Waals surface area contributed by atoms with Crippen molar-refractivity contribution in [2.45, 2.75) is 5.75 Å². The highest BCUT2D eigenvalue weighted by atomic mass is 32.3. The molecule has 0 radical (unpaired) electrons. The Morgan fingerprint density at radius 3 is 2.46 bits per heavy atom. The van der Waals surface area contributed by atoms with E-state index in [9.17, 15) is 8.42 Å². The lowest BCUT2D eigenvalue weighted by Crippen LogP contribution is -2.04. The van der Waals surface area contributed by atoms with Gasteiger partial charge in [0.25, 0.3) is 10.1 Å². The summed E-state index contributed by atoms with van der Waals surface area (Å²) in [5.41, 5.74) is 0.733. The van der Waals surface area contributed by atoms with Crippen LogP contribution in [0.4, 0.5) is 0 Å². The van der Waals surface area contributed by atoms with Crippen molar-refractivity contribution in [3.63, 3.8) is 0 Å². The molecule has 0 spiro atoms. The Morgan fingerprint density at radius 1 is 1.31 bits per heavy atom. The maximum absolute atomic E-state index is 11.2. The molecule has 13 heavy (non-hydrogen) atoms. The van der Waals surface area contributed by atoms with Crippen LogP contribution < -0.4 is 0 Å². The van der Waals surface area contributed by atoms with Crippen LogP contribution in [0.2, 0.25) is 0 Å². The highest BCUT2D eigenvalue weighted by Crippen LogP contribution is 2.11. The number of hydrogen-bond acceptors (Lipinski definition) is 4. The van der Waals surface area contributed by atoms with Crippen molar-refractivity contribution in [1.29, 1.82) is 0 Å². The SMILES string of the molecule is CSOS(=O)(=O)Cc1ccccc1. The van der Waals surface area contributed by atoms with Gasteiger partial charge in [-0.15, -0.1) is 0 Å². The van der Waals surface area contributed by atoms with E-state index in [1.165, 1.54) is 0 Å². The summed E-state index contributed by atoms with van der Waals surface area (Å²) in [6.07, 6.45) is 1.57. The molecule has 1 rings (SSSR count). The van der Waals surface area contributed by atoms with Crippen LogP contribution in [0.5, 0.6) is 0 Å². The zero-order valence-electron chi connectivity index (χ0n) is 7.14. The van der Waals surface area contributed by atoms with E-state index in [1.807, 2.05) is 6.07 Å². The minimum absolute atomic E-state index is 0.0747. The van der Waals surface area contributed by atoms with Crippen molar-refractivity contribution in [1.82, 2.24) is 0 Å². The Hall–Kier alpha value is -0.520. The second-order valence-corrected chi connectivity index (χ2v) is 4.70. The molecule has 0 unspecified atom stereocenters. The van der Waals surface area contributed by atoms with Crippen LogP contribution in [0.25, 0.3) is 0 Å². The fourth-order valence-corrected chi connectivity index (χ4v) is 2.53. The smallest absolute Gasteiger partial charge is 0.198 e. The predicted octanol–water partition coefficient (Wildman–Crippen LogP) is 1.81. The summed E-state index contributed by atoms with van der Waals surface area (Å²) in [5, 5.41) is 0. The zero-order chi connectivity index (χ0) is 9.73. The monoisotopic (exact) mass is 218 g/mol. The lowest BCUT2D eigenvalue weighted by molar-refractivity contribution is 0.518. The molecule has 0 aliphatic rings. The first-order valence-electron chi connectivity index (χ1n) is 3.63. The van der Waals surface area contributed by atoms with Crippen molar-refractivity contribution in [3.05, 3.63) is 35.9 Å². The third-order valence-corrected chi connectivity index (χ3v) is 3.42. The molecule has 0 atom stereocenters. The molecular formula is C8H10O3S2.